The van der Waals surface area contributed by atoms with Crippen LogP contribution in [0, 0.1) is 0 Å². The van der Waals surface area contributed by atoms with Crippen LogP contribution in [0.1, 0.15) is 24.0 Å². The summed E-state index contributed by atoms with van der Waals surface area (Å²) in [6, 6.07) is 16.5. The predicted molar refractivity (Wildman–Crippen MR) is 114 cm³/mol. The Balaban J connectivity index is 1.26. The lowest BCUT2D eigenvalue weighted by molar-refractivity contribution is -0.127. The molecule has 4 amide bonds. The highest BCUT2D eigenvalue weighted by atomic mass is 16.2. The van der Waals surface area contributed by atoms with E-state index in [1.165, 1.54) is 4.90 Å². The first-order valence-corrected chi connectivity index (χ1v) is 10.1. The maximum atomic E-state index is 12.6. The molecule has 0 aliphatic carbocycles. The van der Waals surface area contributed by atoms with Crippen molar-refractivity contribution in [2.75, 3.05) is 6.54 Å². The Kier molecular flexibility index (Phi) is 5.79. The van der Waals surface area contributed by atoms with Gasteiger partial charge in [-0.2, -0.15) is 0 Å². The van der Waals surface area contributed by atoms with Gasteiger partial charge in [0.05, 0.1) is 0 Å². The Labute approximate surface area is 174 Å². The zero-order valence-corrected chi connectivity index (χ0v) is 16.6. The van der Waals surface area contributed by atoms with Crippen LogP contribution in [0.2, 0.25) is 0 Å². The van der Waals surface area contributed by atoms with E-state index in [2.05, 4.69) is 15.6 Å². The monoisotopic (exact) mass is 404 g/mol. The van der Waals surface area contributed by atoms with Gasteiger partial charge >= 0.3 is 6.03 Å². The highest BCUT2D eigenvalue weighted by molar-refractivity contribution is 6.04. The van der Waals surface area contributed by atoms with E-state index < -0.39 is 12.1 Å². The molecule has 4 rings (SSSR count). The third-order valence-electron chi connectivity index (χ3n) is 5.38. The van der Waals surface area contributed by atoms with Gasteiger partial charge in [-0.1, -0.05) is 48.5 Å². The molecule has 3 N–H and O–H groups in total. The van der Waals surface area contributed by atoms with Crippen molar-refractivity contribution in [3.63, 3.8) is 0 Å². The number of rotatable bonds is 8. The van der Waals surface area contributed by atoms with E-state index in [0.717, 1.165) is 22.0 Å². The first-order valence-electron chi connectivity index (χ1n) is 10.1. The maximum Gasteiger partial charge on any atom is 0.324 e. The summed E-state index contributed by atoms with van der Waals surface area (Å²) in [5.41, 5.74) is 3.11. The third-order valence-corrected chi connectivity index (χ3v) is 5.38. The fourth-order valence-electron chi connectivity index (χ4n) is 3.72. The average Bonchev–Trinajstić information content (AvgIpc) is 3.30. The zero-order valence-electron chi connectivity index (χ0n) is 16.6. The van der Waals surface area contributed by atoms with E-state index in [4.69, 9.17) is 0 Å². The van der Waals surface area contributed by atoms with Crippen LogP contribution >= 0.6 is 0 Å². The standard InChI is InChI=1S/C23H24N4O3/c28-21(25-14-16-6-2-1-3-7-16)11-10-20-22(29)27(23(30)26-20)13-12-17-15-24-19-9-5-4-8-18(17)19/h1-9,15,20,24H,10-14H2,(H,25,28)(H,26,30)/t20-/m1/s1. The Hall–Kier alpha value is -3.61. The fraction of sp³-hybridized carbons (Fsp3) is 0.261. The number of nitrogens with zero attached hydrogens (tertiary/aromatic N) is 1. The number of benzene rings is 2. The van der Waals surface area contributed by atoms with Gasteiger partial charge in [-0.3, -0.25) is 14.5 Å². The molecule has 30 heavy (non-hydrogen) atoms. The van der Waals surface area contributed by atoms with Crippen molar-refractivity contribution in [1.29, 1.82) is 0 Å². The quantitative estimate of drug-likeness (QED) is 0.504. The summed E-state index contributed by atoms with van der Waals surface area (Å²) in [7, 11) is 0. The summed E-state index contributed by atoms with van der Waals surface area (Å²) < 4.78 is 0. The minimum absolute atomic E-state index is 0.141. The van der Waals surface area contributed by atoms with Crippen molar-refractivity contribution < 1.29 is 14.4 Å². The molecule has 3 aromatic rings. The van der Waals surface area contributed by atoms with Crippen molar-refractivity contribution in [3.8, 4) is 0 Å². The van der Waals surface area contributed by atoms with Gasteiger partial charge in [-0.05, 0) is 30.0 Å². The number of hydrogen-bond donors (Lipinski definition) is 3. The van der Waals surface area contributed by atoms with Crippen LogP contribution in [0.15, 0.2) is 60.8 Å². The normalized spacial score (nSPS) is 16.1. The van der Waals surface area contributed by atoms with E-state index >= 15 is 0 Å². The van der Waals surface area contributed by atoms with Crippen molar-refractivity contribution in [2.45, 2.75) is 31.8 Å². The summed E-state index contributed by atoms with van der Waals surface area (Å²) in [5, 5.41) is 6.63. The molecule has 0 radical (unpaired) electrons. The lowest BCUT2D eigenvalue weighted by atomic mass is 10.1. The second-order valence-electron chi connectivity index (χ2n) is 7.40. The number of nitrogens with one attached hydrogen (secondary N) is 3. The maximum absolute atomic E-state index is 12.6. The molecule has 1 aliphatic rings. The highest BCUT2D eigenvalue weighted by Gasteiger charge is 2.37. The highest BCUT2D eigenvalue weighted by Crippen LogP contribution is 2.19. The second kappa shape index (κ2) is 8.82. The SMILES string of the molecule is O=C(CC[C@H]1NC(=O)N(CCc2c[nH]c3ccccc23)C1=O)NCc1ccccc1. The molecule has 1 atom stereocenters. The number of fused-ring (bicyclic) bond motifs is 1. The van der Waals surface area contributed by atoms with Gasteiger partial charge < -0.3 is 15.6 Å². The number of aromatic nitrogens is 1. The predicted octanol–water partition coefficient (Wildman–Crippen LogP) is 2.73. The number of hydrogen-bond acceptors (Lipinski definition) is 3. The number of para-hydroxylation sites is 1. The first kappa shape index (κ1) is 19.7. The summed E-state index contributed by atoms with van der Waals surface area (Å²) in [5.74, 6) is -0.408. The van der Waals surface area contributed by atoms with Crippen LogP contribution in [0.4, 0.5) is 4.79 Å². The molecule has 0 saturated carbocycles. The van der Waals surface area contributed by atoms with Gasteiger partial charge in [-0.25, -0.2) is 4.79 Å². The van der Waals surface area contributed by atoms with Crippen LogP contribution in [0.3, 0.4) is 0 Å². The van der Waals surface area contributed by atoms with Gasteiger partial charge in [0.15, 0.2) is 0 Å². The van der Waals surface area contributed by atoms with Crippen molar-refractivity contribution in [1.82, 2.24) is 20.5 Å². The molecule has 1 aromatic heterocycles. The third kappa shape index (κ3) is 4.35. The van der Waals surface area contributed by atoms with Gasteiger partial charge in [0.2, 0.25) is 5.91 Å². The molecule has 154 valence electrons. The van der Waals surface area contributed by atoms with Gasteiger partial charge in [0.25, 0.3) is 5.91 Å². The Morgan fingerprint density at radius 2 is 1.80 bits per heavy atom. The number of carbonyl (C=O) groups excluding carboxylic acids is 3. The largest absolute Gasteiger partial charge is 0.361 e. The lowest BCUT2D eigenvalue weighted by Crippen LogP contribution is -2.33. The van der Waals surface area contributed by atoms with E-state index in [1.807, 2.05) is 60.8 Å². The van der Waals surface area contributed by atoms with E-state index in [9.17, 15) is 14.4 Å². The van der Waals surface area contributed by atoms with Crippen LogP contribution in [-0.2, 0) is 22.6 Å². The van der Waals surface area contributed by atoms with Crippen LogP contribution < -0.4 is 10.6 Å². The molecule has 1 aliphatic heterocycles. The molecule has 0 unspecified atom stereocenters. The van der Waals surface area contributed by atoms with Crippen LogP contribution in [0.25, 0.3) is 10.9 Å². The summed E-state index contributed by atoms with van der Waals surface area (Å²) in [4.78, 5) is 41.4. The van der Waals surface area contributed by atoms with Crippen molar-refractivity contribution in [3.05, 3.63) is 71.9 Å². The van der Waals surface area contributed by atoms with Gasteiger partial charge in [0, 0.05) is 36.6 Å². The van der Waals surface area contributed by atoms with Crippen LogP contribution in [-0.4, -0.2) is 40.3 Å². The Bertz CT molecular complexity index is 1060. The fourth-order valence-corrected chi connectivity index (χ4v) is 3.72. The smallest absolute Gasteiger partial charge is 0.324 e. The molecule has 1 saturated heterocycles. The Morgan fingerprint density at radius 3 is 2.63 bits per heavy atom. The molecule has 7 nitrogen and oxygen atoms in total. The number of carbonyl (C=O) groups is 3. The lowest BCUT2D eigenvalue weighted by Gasteiger charge is -2.12. The molecule has 2 aromatic carbocycles. The topological polar surface area (TPSA) is 94.3 Å². The molecular formula is C23H24N4O3. The van der Waals surface area contributed by atoms with Crippen LogP contribution in [0.5, 0.6) is 0 Å². The number of H-pyrrole nitrogens is 1. The van der Waals surface area contributed by atoms with Crippen molar-refractivity contribution >= 4 is 28.7 Å². The van der Waals surface area contributed by atoms with E-state index in [-0.39, 0.29) is 24.7 Å². The minimum Gasteiger partial charge on any atom is -0.361 e. The zero-order chi connectivity index (χ0) is 20.9. The number of aromatic amines is 1. The molecule has 7 heteroatoms. The summed E-state index contributed by atoms with van der Waals surface area (Å²) >= 11 is 0. The summed E-state index contributed by atoms with van der Waals surface area (Å²) in [6.45, 7) is 0.755. The summed E-state index contributed by atoms with van der Waals surface area (Å²) in [6.07, 6.45) is 2.96. The molecule has 2 heterocycles. The molecule has 1 fully saturated rings. The minimum atomic E-state index is -0.650. The number of urea groups is 1. The van der Waals surface area contributed by atoms with E-state index in [1.54, 1.807) is 0 Å². The van der Waals surface area contributed by atoms with Crippen molar-refractivity contribution in [2.24, 2.45) is 0 Å². The molecule has 0 bridgehead atoms. The van der Waals surface area contributed by atoms with E-state index in [0.29, 0.717) is 19.5 Å². The average molecular weight is 404 g/mol. The Morgan fingerprint density at radius 1 is 1.03 bits per heavy atom. The van der Waals surface area contributed by atoms with Gasteiger partial charge in [0.1, 0.15) is 6.04 Å². The first-order chi connectivity index (χ1) is 14.6. The molecule has 0 spiro atoms. The number of imide groups is 1. The molecular weight excluding hydrogens is 380 g/mol. The second-order valence-corrected chi connectivity index (χ2v) is 7.40. The number of amides is 4. The van der Waals surface area contributed by atoms with Gasteiger partial charge in [-0.15, -0.1) is 0 Å².